The van der Waals surface area contributed by atoms with Crippen molar-refractivity contribution >= 4 is 27.3 Å². The fourth-order valence-electron chi connectivity index (χ4n) is 2.98. The number of carbonyl (C=O) groups excluding carboxylic acids is 1. The second-order valence-electron chi connectivity index (χ2n) is 6.72. The summed E-state index contributed by atoms with van der Waals surface area (Å²) in [7, 11) is -3.82. The molecule has 0 atom stereocenters. The van der Waals surface area contributed by atoms with E-state index >= 15 is 0 Å². The number of amides is 1. The maximum atomic E-state index is 12.8. The van der Waals surface area contributed by atoms with Gasteiger partial charge in [-0.1, -0.05) is 29.8 Å². The number of ether oxygens (including phenoxy) is 1. The van der Waals surface area contributed by atoms with Crippen LogP contribution in [0.1, 0.15) is 28.4 Å². The molecule has 2 N–H and O–H groups in total. The first kappa shape index (κ1) is 21.3. The molecule has 0 saturated carbocycles. The van der Waals surface area contributed by atoms with E-state index in [0.29, 0.717) is 23.6 Å². The fourth-order valence-corrected chi connectivity index (χ4v) is 4.24. The van der Waals surface area contributed by atoms with Crippen LogP contribution in [0.25, 0.3) is 0 Å². The van der Waals surface area contributed by atoms with Crippen molar-refractivity contribution in [3.63, 3.8) is 0 Å². The Bertz CT molecular complexity index is 1180. The Hall–Kier alpha value is -3.39. The molecule has 0 unspecified atom stereocenters. The van der Waals surface area contributed by atoms with Crippen LogP contribution >= 0.6 is 0 Å². The highest BCUT2D eigenvalue weighted by Crippen LogP contribution is 2.25. The number of nitrogens with one attached hydrogen (secondary N) is 2. The smallest absolute Gasteiger partial charge is 0.262 e. The van der Waals surface area contributed by atoms with Gasteiger partial charge in [0.25, 0.3) is 15.9 Å². The van der Waals surface area contributed by atoms with Crippen molar-refractivity contribution < 1.29 is 17.9 Å². The molecule has 0 saturated heterocycles. The van der Waals surface area contributed by atoms with Crippen LogP contribution in [0.2, 0.25) is 0 Å². The predicted octanol–water partition coefficient (Wildman–Crippen LogP) is 4.15. The second kappa shape index (κ2) is 8.96. The SMILES string of the molecule is CCOc1ccccc1NC(=O)c1cncc(NS(=O)(=O)c2ccc(C)cc2C)c1. The maximum Gasteiger partial charge on any atom is 0.262 e. The zero-order valence-electron chi connectivity index (χ0n) is 17.0. The molecule has 0 bridgehead atoms. The number of aromatic nitrogens is 1. The molecule has 0 aliphatic heterocycles. The lowest BCUT2D eigenvalue weighted by molar-refractivity contribution is 0.102. The molecule has 8 heteroatoms. The largest absolute Gasteiger partial charge is 0.492 e. The minimum Gasteiger partial charge on any atom is -0.492 e. The van der Waals surface area contributed by atoms with Crippen molar-refractivity contribution in [1.29, 1.82) is 0 Å². The van der Waals surface area contributed by atoms with Gasteiger partial charge in [-0.2, -0.15) is 0 Å². The summed E-state index contributed by atoms with van der Waals surface area (Å²) in [5.74, 6) is 0.121. The third-order valence-corrected chi connectivity index (χ3v) is 5.85. The summed E-state index contributed by atoms with van der Waals surface area (Å²) in [6, 6.07) is 13.6. The highest BCUT2D eigenvalue weighted by atomic mass is 32.2. The highest BCUT2D eigenvalue weighted by Gasteiger charge is 2.18. The molecular formula is C22H23N3O4S. The number of hydrogen-bond donors (Lipinski definition) is 2. The second-order valence-corrected chi connectivity index (χ2v) is 8.37. The number of hydrogen-bond acceptors (Lipinski definition) is 5. The first-order valence-electron chi connectivity index (χ1n) is 9.38. The van der Waals surface area contributed by atoms with Crippen LogP contribution in [-0.4, -0.2) is 25.9 Å². The first-order chi connectivity index (χ1) is 14.3. The van der Waals surface area contributed by atoms with Crippen LogP contribution in [0, 0.1) is 13.8 Å². The number of benzene rings is 2. The Kier molecular flexibility index (Phi) is 6.37. The van der Waals surface area contributed by atoms with E-state index in [0.717, 1.165) is 5.56 Å². The van der Waals surface area contributed by atoms with E-state index in [4.69, 9.17) is 4.74 Å². The summed E-state index contributed by atoms with van der Waals surface area (Å²) in [6.07, 6.45) is 2.72. The number of rotatable bonds is 7. The fraction of sp³-hybridized carbons (Fsp3) is 0.182. The van der Waals surface area contributed by atoms with E-state index < -0.39 is 15.9 Å². The standard InChI is InChI=1S/C22H23N3O4S/c1-4-29-20-8-6-5-7-19(20)24-22(26)17-12-18(14-23-13-17)25-30(27,28)21-10-9-15(2)11-16(21)3/h5-14,25H,4H2,1-3H3,(H,24,26). The van der Waals surface area contributed by atoms with Gasteiger partial charge in [0.1, 0.15) is 5.75 Å². The van der Waals surface area contributed by atoms with Crippen molar-refractivity contribution in [2.45, 2.75) is 25.7 Å². The molecule has 1 amide bonds. The first-order valence-corrected chi connectivity index (χ1v) is 10.9. The van der Waals surface area contributed by atoms with Crippen molar-refractivity contribution in [3.05, 3.63) is 77.6 Å². The minimum atomic E-state index is -3.82. The van der Waals surface area contributed by atoms with E-state index in [9.17, 15) is 13.2 Å². The van der Waals surface area contributed by atoms with Crippen LogP contribution in [0.4, 0.5) is 11.4 Å². The maximum absolute atomic E-state index is 12.8. The molecule has 30 heavy (non-hydrogen) atoms. The van der Waals surface area contributed by atoms with Crippen molar-refractivity contribution in [3.8, 4) is 5.75 Å². The van der Waals surface area contributed by atoms with Gasteiger partial charge in [0.15, 0.2) is 0 Å². The molecule has 0 fully saturated rings. The molecule has 0 aliphatic carbocycles. The summed E-state index contributed by atoms with van der Waals surface area (Å²) in [5, 5.41) is 2.77. The molecule has 156 valence electrons. The van der Waals surface area contributed by atoms with Gasteiger partial charge < -0.3 is 10.1 Å². The summed E-state index contributed by atoms with van der Waals surface area (Å²) in [5.41, 5.74) is 2.53. The number of carbonyl (C=O) groups is 1. The van der Waals surface area contributed by atoms with Crippen LogP contribution < -0.4 is 14.8 Å². The lowest BCUT2D eigenvalue weighted by Crippen LogP contribution is -2.16. The Morgan fingerprint density at radius 2 is 1.83 bits per heavy atom. The van der Waals surface area contributed by atoms with E-state index in [1.807, 2.05) is 19.9 Å². The number of pyridine rings is 1. The highest BCUT2D eigenvalue weighted by molar-refractivity contribution is 7.92. The quantitative estimate of drug-likeness (QED) is 0.593. The van der Waals surface area contributed by atoms with Crippen LogP contribution in [-0.2, 0) is 10.0 Å². The Balaban J connectivity index is 1.81. The van der Waals surface area contributed by atoms with Gasteiger partial charge in [0.05, 0.1) is 34.6 Å². The van der Waals surface area contributed by atoms with Crippen molar-refractivity contribution in [1.82, 2.24) is 4.98 Å². The van der Waals surface area contributed by atoms with Crippen LogP contribution in [0.5, 0.6) is 5.75 Å². The van der Waals surface area contributed by atoms with Gasteiger partial charge in [-0.15, -0.1) is 0 Å². The summed E-state index contributed by atoms with van der Waals surface area (Å²) in [4.78, 5) is 16.8. The monoisotopic (exact) mass is 425 g/mol. The summed E-state index contributed by atoms with van der Waals surface area (Å²) >= 11 is 0. The average Bonchev–Trinajstić information content (AvgIpc) is 2.69. The molecule has 3 aromatic rings. The third-order valence-electron chi connectivity index (χ3n) is 4.31. The van der Waals surface area contributed by atoms with Crippen molar-refractivity contribution in [2.24, 2.45) is 0 Å². The van der Waals surface area contributed by atoms with Gasteiger partial charge in [-0.3, -0.25) is 14.5 Å². The molecule has 2 aromatic carbocycles. The van der Waals surface area contributed by atoms with Gasteiger partial charge >= 0.3 is 0 Å². The molecule has 0 aliphatic rings. The van der Waals surface area contributed by atoms with Gasteiger partial charge in [0, 0.05) is 6.20 Å². The Morgan fingerprint density at radius 1 is 1.07 bits per heavy atom. The van der Waals surface area contributed by atoms with Crippen molar-refractivity contribution in [2.75, 3.05) is 16.6 Å². The zero-order valence-corrected chi connectivity index (χ0v) is 17.8. The van der Waals surface area contributed by atoms with E-state index in [1.165, 1.54) is 18.5 Å². The molecule has 0 radical (unpaired) electrons. The molecule has 1 heterocycles. The third kappa shape index (κ3) is 4.96. The zero-order chi connectivity index (χ0) is 21.7. The molecule has 0 spiro atoms. The van der Waals surface area contributed by atoms with Crippen LogP contribution in [0.15, 0.2) is 65.8 Å². The minimum absolute atomic E-state index is 0.175. The molecule has 7 nitrogen and oxygen atoms in total. The molecular weight excluding hydrogens is 402 g/mol. The Labute approximate surface area is 176 Å². The summed E-state index contributed by atoms with van der Waals surface area (Å²) < 4.78 is 33.5. The van der Waals surface area contributed by atoms with Gasteiger partial charge in [-0.25, -0.2) is 8.42 Å². The van der Waals surface area contributed by atoms with Gasteiger partial charge in [-0.05, 0) is 50.6 Å². The number of aryl methyl sites for hydroxylation is 2. The Morgan fingerprint density at radius 3 is 2.57 bits per heavy atom. The molecule has 1 aromatic heterocycles. The summed E-state index contributed by atoms with van der Waals surface area (Å²) in [6.45, 7) is 5.95. The number of nitrogens with zero attached hydrogens (tertiary/aromatic N) is 1. The van der Waals surface area contributed by atoms with E-state index in [2.05, 4.69) is 15.0 Å². The predicted molar refractivity (Wildman–Crippen MR) is 117 cm³/mol. The normalized spacial score (nSPS) is 11.0. The van der Waals surface area contributed by atoms with Gasteiger partial charge in [0.2, 0.25) is 0 Å². The topological polar surface area (TPSA) is 97.4 Å². The lowest BCUT2D eigenvalue weighted by Gasteiger charge is -2.13. The lowest BCUT2D eigenvalue weighted by atomic mass is 10.2. The molecule has 3 rings (SSSR count). The number of para-hydroxylation sites is 2. The van der Waals surface area contributed by atoms with Crippen LogP contribution in [0.3, 0.4) is 0 Å². The number of anilines is 2. The number of sulfonamides is 1. The van der Waals surface area contributed by atoms with E-state index in [1.54, 1.807) is 43.3 Å². The van der Waals surface area contributed by atoms with E-state index in [-0.39, 0.29) is 16.1 Å². The average molecular weight is 426 g/mol.